The molecule has 1 radical (unpaired) electrons. The fourth-order valence-electron chi connectivity index (χ4n) is 9.38. The third-order valence-electron chi connectivity index (χ3n) is 14.9. The van der Waals surface area contributed by atoms with Gasteiger partial charge in [0.05, 0.1) is 18.2 Å². The van der Waals surface area contributed by atoms with Crippen LogP contribution in [0.1, 0.15) is 128 Å². The number of phenols is 1. The predicted octanol–water partition coefficient (Wildman–Crippen LogP) is 21.3. The fraction of sp³-hybridized carbons (Fsp3) is 0.256. The van der Waals surface area contributed by atoms with Crippen molar-refractivity contribution in [2.75, 3.05) is 12.4 Å². The van der Waals surface area contributed by atoms with Gasteiger partial charge in [0.15, 0.2) is 23.5 Å². The first-order valence-corrected chi connectivity index (χ1v) is 39.6. The van der Waals surface area contributed by atoms with Gasteiger partial charge in [0.2, 0.25) is 0 Å². The molecular formula is C82H96AcB2Br6Cl3N4NaO12. The number of ketones is 1. The number of aromatic nitrogens is 3. The monoisotopic (exact) mass is 2180 g/mol. The second-order valence-corrected chi connectivity index (χ2v) is 33.3. The van der Waals surface area contributed by atoms with Gasteiger partial charge in [-0.3, -0.25) is 4.79 Å². The predicted molar refractivity (Wildman–Crippen MR) is 474 cm³/mol. The van der Waals surface area contributed by atoms with Crippen LogP contribution in [-0.2, 0) is 4.29 Å². The molecule has 0 aliphatic rings. The third-order valence-corrected chi connectivity index (χ3v) is 16.6. The van der Waals surface area contributed by atoms with E-state index >= 15 is 0 Å². The number of hydrogen-bond acceptors (Lipinski definition) is 15. The summed E-state index contributed by atoms with van der Waals surface area (Å²) in [6, 6.07) is 55.2. The molecule has 0 saturated heterocycles. The van der Waals surface area contributed by atoms with Crippen molar-refractivity contribution in [3.05, 3.63) is 279 Å². The molecule has 0 spiro atoms. The Hall–Kier alpha value is -4.35. The van der Waals surface area contributed by atoms with Crippen LogP contribution < -0.4 is 39.8 Å². The van der Waals surface area contributed by atoms with Crippen LogP contribution in [0.4, 0.5) is 0 Å². The van der Waals surface area contributed by atoms with E-state index in [0.717, 1.165) is 122 Å². The molecule has 0 aliphatic carbocycles. The molecule has 7 N–H and O–H groups in total. The number of oxazole rings is 3. The zero-order chi connectivity index (χ0) is 81.0. The molecule has 111 heavy (non-hydrogen) atoms. The SMILES string of the molecule is BrB(Br)Br.C#COCl.CC/C(=N\O)c1ccc(Br)cc1.CCC(=O)c1ccc(Br)cc1.COc1c(C)cccc1C.Cc1cc(B(O)O)cc(C)c1C.Cc1ccc(-c2nc(C)oc2C)cc1.Cc1ccc(-c2nc(C)oc2C)cc1.Cc1cccc(C)c1O.Cc1nc(-c2ccc(Br)cc2)c(C)o1.ClCCl.O.[Ac].[Na+].[OH-]. The van der Waals surface area contributed by atoms with E-state index in [1.165, 1.54) is 27.8 Å². The number of benzene rings is 8. The Bertz CT molecular complexity index is 4210. The van der Waals surface area contributed by atoms with Gasteiger partial charge in [0.1, 0.15) is 63.8 Å². The van der Waals surface area contributed by atoms with Crippen molar-refractivity contribution in [1.82, 2.24) is 15.0 Å². The summed E-state index contributed by atoms with van der Waals surface area (Å²) in [4.78, 5) is 24.1. The van der Waals surface area contributed by atoms with E-state index in [-0.39, 0.29) is 98.9 Å². The van der Waals surface area contributed by atoms with Crippen molar-refractivity contribution in [1.29, 1.82) is 0 Å². The summed E-state index contributed by atoms with van der Waals surface area (Å²) in [7, 11) is 0.345. The summed E-state index contributed by atoms with van der Waals surface area (Å²) < 4.78 is 28.2. The van der Waals surface area contributed by atoms with Gasteiger partial charge in [-0.25, -0.2) is 15.0 Å². The summed E-state index contributed by atoms with van der Waals surface area (Å²) in [6.07, 6.45) is 7.42. The molecule has 16 nitrogen and oxygen atoms in total. The molecule has 0 bridgehead atoms. The second kappa shape index (κ2) is 62.9. The molecule has 0 amide bonds. The van der Waals surface area contributed by atoms with Gasteiger partial charge in [-0.2, -0.15) is 0 Å². The number of oxime groups is 1. The number of nitrogens with zero attached hydrogens (tertiary/aromatic N) is 4. The molecule has 0 atom stereocenters. The van der Waals surface area contributed by atoms with Gasteiger partial charge in [0, 0.05) is 107 Å². The second-order valence-electron chi connectivity index (χ2n) is 23.2. The molecule has 0 aliphatic heterocycles. The number of phenolic OH excluding ortho intramolecular Hbond substituents is 1. The molecule has 29 heteroatoms. The average molecular weight is 2190 g/mol. The minimum Gasteiger partial charge on any atom is -0.870 e. The molecule has 8 aromatic carbocycles. The van der Waals surface area contributed by atoms with Crippen LogP contribution in [0.3, 0.4) is 0 Å². The molecule has 3 aromatic heterocycles. The number of halogens is 9. The number of carbonyl (C=O) groups excluding carboxylic acids is 1. The molecule has 0 fully saturated rings. The van der Waals surface area contributed by atoms with Crippen molar-refractivity contribution >= 4 is 157 Å². The van der Waals surface area contributed by atoms with Crippen molar-refractivity contribution in [2.24, 2.45) is 5.16 Å². The van der Waals surface area contributed by atoms with E-state index < -0.39 is 7.12 Å². The largest absolute Gasteiger partial charge is 1.00 e. The number of rotatable bonds is 9. The van der Waals surface area contributed by atoms with Crippen molar-refractivity contribution < 1.29 is 132 Å². The Kier molecular flexibility index (Phi) is 64.0. The van der Waals surface area contributed by atoms with Crippen molar-refractivity contribution in [3.63, 3.8) is 0 Å². The van der Waals surface area contributed by atoms with E-state index in [9.17, 15) is 9.90 Å². The number of Topliss-reactive ketones (excluding diaryl/α,β-unsaturated/α-hetero) is 1. The van der Waals surface area contributed by atoms with Gasteiger partial charge in [-0.1, -0.05) is 218 Å². The van der Waals surface area contributed by atoms with Gasteiger partial charge in [-0.15, -0.1) is 70.5 Å². The Morgan fingerprint density at radius 1 is 0.532 bits per heavy atom. The van der Waals surface area contributed by atoms with E-state index in [1.807, 2.05) is 213 Å². The Balaban J connectivity index is -0.000000577. The number of aryl methyl sites for hydroxylation is 14. The van der Waals surface area contributed by atoms with Gasteiger partial charge in [-0.05, 0) is 176 Å². The molecule has 0 saturated carbocycles. The molecule has 11 rings (SSSR count). The standard InChI is InChI=1S/2C12H13NO.C11H10BrNO.C9H13BO2.C9H10BrNO.C9H9BrO.C9H12O.C8H10O.C2HClO.CH2Cl2.Ac.BBr3.Na.2H2O/c2*1-8-4-6-11(7-5-8)12-9(2)14-10(3)13-12;1-7-11(13-8(2)14-7)9-3-5-10(12)6-4-9;1-6-4-9(10(11)12)5-7(2)8(6)3;1-2-9(11-12)7-3-5-8(10)6-4-7;1-2-9(11)7-3-5-8(10)6-4-7;1-7-5-4-6-8(2)9(7)10-3;1-6-4-3-5-7(2)8(6)9;1-2-4-3;2-1-3;;2-1(3)4;;;/h2*4-7H,1-3H3;3-6H,1-2H3;4-5,11-12H,1-3H3;3-6,12H,2H2,1H3;3-6H,2H2,1H3;4-6H,1-3H3;3-5,9H,1-2H3;1H;1H2;;;;2*1H2/q;;;;;;;;;;;;+1;;/p-1/b;;;;11-9+;;;;;;;;;;. The van der Waals surface area contributed by atoms with Crippen LogP contribution in [0.5, 0.6) is 11.5 Å². The third kappa shape index (κ3) is 45.1. The Morgan fingerprint density at radius 2 is 0.820 bits per heavy atom. The first-order chi connectivity index (χ1) is 50.6. The van der Waals surface area contributed by atoms with Crippen LogP contribution in [0.15, 0.2) is 202 Å². The van der Waals surface area contributed by atoms with Gasteiger partial charge < -0.3 is 53.6 Å². The topological polar surface area (TPSA) is 268 Å². The van der Waals surface area contributed by atoms with Gasteiger partial charge in [0.25, 0.3) is 0 Å². The number of carbonyl (C=O) groups is 1. The van der Waals surface area contributed by atoms with Crippen LogP contribution in [0.25, 0.3) is 33.8 Å². The molecule has 589 valence electrons. The molecule has 11 aromatic rings. The number of para-hydroxylation sites is 2. The molecule has 3 heterocycles. The summed E-state index contributed by atoms with van der Waals surface area (Å²) in [5.41, 5.74) is 19.3. The Morgan fingerprint density at radius 3 is 1.05 bits per heavy atom. The first kappa shape index (κ1) is 113. The van der Waals surface area contributed by atoms with E-state index in [1.54, 1.807) is 25.3 Å². The van der Waals surface area contributed by atoms with E-state index in [0.29, 0.717) is 29.2 Å². The summed E-state index contributed by atoms with van der Waals surface area (Å²) >= 11 is 33.3. The Labute approximate surface area is 780 Å². The smallest absolute Gasteiger partial charge is 0.870 e. The summed E-state index contributed by atoms with van der Waals surface area (Å²) in [5, 5.41) is 39.1. The van der Waals surface area contributed by atoms with Crippen LogP contribution >= 0.6 is 130 Å². The normalized spacial score (nSPS) is 9.46. The van der Waals surface area contributed by atoms with E-state index in [2.05, 4.69) is 200 Å². The quantitative estimate of drug-likeness (QED) is 0.0199. The maximum absolute atomic E-state index is 11.1. The van der Waals surface area contributed by atoms with Crippen molar-refractivity contribution in [2.45, 2.75) is 131 Å². The first-order valence-electron chi connectivity index (χ1n) is 33.1. The number of ether oxygens (including phenoxy) is 1. The molecule has 0 unspecified atom stereocenters. The zero-order valence-corrected chi connectivity index (χ0v) is 84.5. The number of hydrogen-bond donors (Lipinski definition) is 4. The van der Waals surface area contributed by atoms with Crippen molar-refractivity contribution in [3.8, 4) is 57.8 Å². The summed E-state index contributed by atoms with van der Waals surface area (Å²) in [6.45, 7) is 33.2. The number of methoxy groups -OCH3 is 1. The average Bonchev–Trinajstić information content (AvgIpc) is 1.74. The van der Waals surface area contributed by atoms with E-state index in [4.69, 9.17) is 56.4 Å². The molecular weight excluding hydrogens is 2090 g/mol. The van der Waals surface area contributed by atoms with Gasteiger partial charge >= 0.3 is 39.9 Å². The summed E-state index contributed by atoms with van der Waals surface area (Å²) in [5.74, 6) is 6.39. The minimum atomic E-state index is -1.36. The van der Waals surface area contributed by atoms with Crippen LogP contribution in [0.2, 0.25) is 0 Å². The van der Waals surface area contributed by atoms with Crippen LogP contribution in [0, 0.1) is 160 Å². The van der Waals surface area contributed by atoms with Crippen LogP contribution in [-0.4, -0.2) is 80.5 Å². The maximum atomic E-state index is 11.1. The minimum absolute atomic E-state index is 0. The number of aromatic hydroxyl groups is 1. The maximum Gasteiger partial charge on any atom is 1.00 e. The fourth-order valence-corrected chi connectivity index (χ4v) is 10.2. The number of alkyl halides is 2. The zero-order valence-electron chi connectivity index (χ0n) is 66.0. The number of terminal acetylenes is 1.